The molecule has 2 rings (SSSR count). The zero-order chi connectivity index (χ0) is 8.39. The van der Waals surface area contributed by atoms with Gasteiger partial charge >= 0.3 is 0 Å². The Kier molecular flexibility index (Phi) is 1.80. The van der Waals surface area contributed by atoms with Gasteiger partial charge in [-0.3, -0.25) is 4.98 Å². The van der Waals surface area contributed by atoms with Gasteiger partial charge in [-0.05, 0) is 29.1 Å². The molecule has 2 heterocycles. The fraction of sp³-hybridized carbons (Fsp3) is 0. The van der Waals surface area contributed by atoms with Crippen LogP contribution in [0.15, 0.2) is 36.0 Å². The highest BCUT2D eigenvalue weighted by molar-refractivity contribution is 7.14. The summed E-state index contributed by atoms with van der Waals surface area (Å²) in [5.74, 6) is 0.339. The fourth-order valence-corrected chi connectivity index (χ4v) is 1.82. The highest BCUT2D eigenvalue weighted by atomic mass is 32.1. The molecule has 2 aromatic rings. The highest BCUT2D eigenvalue weighted by Crippen LogP contribution is 2.33. The lowest BCUT2D eigenvalue weighted by Gasteiger charge is -1.95. The lowest BCUT2D eigenvalue weighted by molar-refractivity contribution is 0.479. The van der Waals surface area contributed by atoms with E-state index in [1.807, 2.05) is 17.5 Å². The summed E-state index contributed by atoms with van der Waals surface area (Å²) in [7, 11) is 0. The Morgan fingerprint density at radius 1 is 1.17 bits per heavy atom. The topological polar surface area (TPSA) is 33.1 Å². The van der Waals surface area contributed by atoms with Crippen LogP contribution >= 0.6 is 11.3 Å². The van der Waals surface area contributed by atoms with Crippen LogP contribution in [0.1, 0.15) is 0 Å². The summed E-state index contributed by atoms with van der Waals surface area (Å²) in [6.45, 7) is 0. The second-order valence-corrected chi connectivity index (χ2v) is 3.29. The van der Waals surface area contributed by atoms with Crippen molar-refractivity contribution in [2.45, 2.75) is 0 Å². The van der Waals surface area contributed by atoms with Crippen LogP contribution in [0.4, 0.5) is 0 Å². The number of nitrogens with zero attached hydrogens (tertiary/aromatic N) is 1. The molecule has 0 fully saturated rings. The zero-order valence-electron chi connectivity index (χ0n) is 6.27. The Balaban J connectivity index is 2.51. The summed E-state index contributed by atoms with van der Waals surface area (Å²) < 4.78 is 0. The molecule has 0 aliphatic rings. The molecule has 0 radical (unpaired) electrons. The summed E-state index contributed by atoms with van der Waals surface area (Å²) in [5, 5.41) is 11.3. The van der Waals surface area contributed by atoms with E-state index in [1.54, 1.807) is 18.5 Å². The zero-order valence-corrected chi connectivity index (χ0v) is 7.08. The maximum Gasteiger partial charge on any atom is 0.134 e. The molecule has 0 aromatic carbocycles. The number of rotatable bonds is 1. The Hall–Kier alpha value is -1.35. The maximum absolute atomic E-state index is 9.39. The van der Waals surface area contributed by atoms with Crippen molar-refractivity contribution in [3.63, 3.8) is 0 Å². The van der Waals surface area contributed by atoms with Crippen molar-refractivity contribution in [1.82, 2.24) is 4.98 Å². The van der Waals surface area contributed by atoms with Gasteiger partial charge in [0.1, 0.15) is 5.75 Å². The molecule has 12 heavy (non-hydrogen) atoms. The van der Waals surface area contributed by atoms with Gasteiger partial charge in [0.05, 0.1) is 4.88 Å². The summed E-state index contributed by atoms with van der Waals surface area (Å²) in [6.07, 6.45) is 3.43. The molecule has 0 atom stereocenters. The van der Waals surface area contributed by atoms with E-state index in [-0.39, 0.29) is 0 Å². The first-order valence-electron chi connectivity index (χ1n) is 3.55. The van der Waals surface area contributed by atoms with Gasteiger partial charge in [-0.25, -0.2) is 0 Å². The number of pyridine rings is 1. The molecule has 0 amide bonds. The fourth-order valence-electron chi connectivity index (χ4n) is 1.02. The van der Waals surface area contributed by atoms with Gasteiger partial charge < -0.3 is 5.11 Å². The minimum absolute atomic E-state index is 0.339. The van der Waals surface area contributed by atoms with E-state index in [9.17, 15) is 5.11 Å². The van der Waals surface area contributed by atoms with Crippen molar-refractivity contribution < 1.29 is 5.11 Å². The summed E-state index contributed by atoms with van der Waals surface area (Å²) in [5.41, 5.74) is 1.01. The maximum atomic E-state index is 9.39. The minimum Gasteiger partial charge on any atom is -0.506 e. The summed E-state index contributed by atoms with van der Waals surface area (Å²) in [6, 6.07) is 5.46. The van der Waals surface area contributed by atoms with Crippen molar-refractivity contribution in [2.24, 2.45) is 0 Å². The molecular weight excluding hydrogens is 170 g/mol. The molecule has 0 saturated heterocycles. The van der Waals surface area contributed by atoms with Crippen LogP contribution in [0.3, 0.4) is 0 Å². The number of aromatic nitrogens is 1. The Morgan fingerprint density at radius 2 is 1.92 bits per heavy atom. The van der Waals surface area contributed by atoms with Crippen molar-refractivity contribution in [2.75, 3.05) is 0 Å². The smallest absolute Gasteiger partial charge is 0.134 e. The predicted octanol–water partition coefficient (Wildman–Crippen LogP) is 2.52. The van der Waals surface area contributed by atoms with E-state index in [1.165, 1.54) is 11.3 Å². The van der Waals surface area contributed by atoms with E-state index in [2.05, 4.69) is 4.98 Å². The highest BCUT2D eigenvalue weighted by Gasteiger charge is 2.03. The normalized spacial score (nSPS) is 10.0. The molecule has 3 heteroatoms. The molecule has 0 saturated carbocycles. The van der Waals surface area contributed by atoms with Crippen molar-refractivity contribution in [3.05, 3.63) is 36.0 Å². The average molecular weight is 177 g/mol. The van der Waals surface area contributed by atoms with Crippen LogP contribution in [0.2, 0.25) is 0 Å². The Morgan fingerprint density at radius 3 is 2.50 bits per heavy atom. The van der Waals surface area contributed by atoms with E-state index in [4.69, 9.17) is 0 Å². The molecular formula is C9H7NOS. The monoisotopic (exact) mass is 177 g/mol. The van der Waals surface area contributed by atoms with Crippen LogP contribution in [0, 0.1) is 0 Å². The molecule has 0 unspecified atom stereocenters. The van der Waals surface area contributed by atoms with Crippen LogP contribution in [-0.4, -0.2) is 10.1 Å². The first-order valence-corrected chi connectivity index (χ1v) is 4.43. The van der Waals surface area contributed by atoms with Crippen molar-refractivity contribution >= 4 is 11.3 Å². The van der Waals surface area contributed by atoms with E-state index in [0.29, 0.717) is 5.75 Å². The molecule has 2 aromatic heterocycles. The second kappa shape index (κ2) is 2.95. The number of aromatic hydroxyl groups is 1. The quantitative estimate of drug-likeness (QED) is 0.726. The van der Waals surface area contributed by atoms with Gasteiger partial charge in [-0.2, -0.15) is 0 Å². The van der Waals surface area contributed by atoms with Crippen LogP contribution in [-0.2, 0) is 0 Å². The largest absolute Gasteiger partial charge is 0.506 e. The van der Waals surface area contributed by atoms with Crippen molar-refractivity contribution in [3.8, 4) is 16.2 Å². The van der Waals surface area contributed by atoms with Gasteiger partial charge in [-0.1, -0.05) is 0 Å². The molecule has 0 aliphatic heterocycles. The summed E-state index contributed by atoms with van der Waals surface area (Å²) >= 11 is 1.52. The van der Waals surface area contributed by atoms with Crippen molar-refractivity contribution in [1.29, 1.82) is 0 Å². The van der Waals surface area contributed by atoms with Crippen LogP contribution in [0.25, 0.3) is 10.4 Å². The lowest BCUT2D eigenvalue weighted by atomic mass is 10.2. The number of hydrogen-bond acceptors (Lipinski definition) is 3. The van der Waals surface area contributed by atoms with Gasteiger partial charge in [0.25, 0.3) is 0 Å². The number of thiophene rings is 1. The third-order valence-corrected chi connectivity index (χ3v) is 2.54. The van der Waals surface area contributed by atoms with Gasteiger partial charge in [0.2, 0.25) is 0 Å². The van der Waals surface area contributed by atoms with Gasteiger partial charge in [0, 0.05) is 12.4 Å². The predicted molar refractivity (Wildman–Crippen MR) is 49.2 cm³/mol. The van der Waals surface area contributed by atoms with Crippen LogP contribution < -0.4 is 0 Å². The lowest BCUT2D eigenvalue weighted by Crippen LogP contribution is -1.72. The van der Waals surface area contributed by atoms with Gasteiger partial charge in [0.15, 0.2) is 0 Å². The summed E-state index contributed by atoms with van der Waals surface area (Å²) in [4.78, 5) is 4.81. The average Bonchev–Trinajstić information content (AvgIpc) is 2.53. The number of hydrogen-bond donors (Lipinski definition) is 1. The molecule has 0 bridgehead atoms. The third kappa shape index (κ3) is 1.19. The van der Waals surface area contributed by atoms with Gasteiger partial charge in [-0.15, -0.1) is 11.3 Å². The second-order valence-electron chi connectivity index (χ2n) is 2.37. The SMILES string of the molecule is Oc1ccsc1-c1ccncc1. The Bertz CT molecular complexity index is 369. The van der Waals surface area contributed by atoms with E-state index < -0.39 is 0 Å². The molecule has 0 aliphatic carbocycles. The Labute approximate surface area is 74.1 Å². The van der Waals surface area contributed by atoms with Crippen LogP contribution in [0.5, 0.6) is 5.75 Å². The first kappa shape index (κ1) is 7.31. The molecule has 0 spiro atoms. The molecule has 1 N–H and O–H groups in total. The standard InChI is InChI=1S/C9H7NOS/c11-8-3-6-12-9(8)7-1-4-10-5-2-7/h1-6,11H. The van der Waals surface area contributed by atoms with E-state index in [0.717, 1.165) is 10.4 Å². The molecule has 2 nitrogen and oxygen atoms in total. The third-order valence-electron chi connectivity index (χ3n) is 1.59. The first-order chi connectivity index (χ1) is 5.88. The van der Waals surface area contributed by atoms with E-state index >= 15 is 0 Å². The minimum atomic E-state index is 0.339. The molecule has 60 valence electrons.